The number of anilines is 3. The average molecular weight is 444 g/mol. The molecule has 168 valence electrons. The second-order valence-electron chi connectivity index (χ2n) is 7.37. The Bertz CT molecular complexity index is 1300. The summed E-state index contributed by atoms with van der Waals surface area (Å²) in [4.78, 5) is 35.3. The van der Waals surface area contributed by atoms with E-state index in [1.54, 1.807) is 17.0 Å². The summed E-state index contributed by atoms with van der Waals surface area (Å²) in [5.74, 6) is 0.738. The number of nitrogen functional groups attached to an aromatic ring is 1. The zero-order valence-corrected chi connectivity index (χ0v) is 18.4. The van der Waals surface area contributed by atoms with E-state index in [4.69, 9.17) is 5.73 Å². The minimum Gasteiger partial charge on any atom is -0.385 e. The molecule has 0 saturated carbocycles. The monoisotopic (exact) mass is 443 g/mol. The Morgan fingerprint density at radius 3 is 2.45 bits per heavy atom. The van der Waals surface area contributed by atoms with Crippen LogP contribution in [0.2, 0.25) is 0 Å². The lowest BCUT2D eigenvalue weighted by molar-refractivity contribution is 0.217. The molecular formula is C24H25N7O2. The minimum atomic E-state index is -0.343. The first-order chi connectivity index (χ1) is 16.0. The summed E-state index contributed by atoms with van der Waals surface area (Å²) in [5.41, 5.74) is 8.96. The molecule has 2 aromatic heterocycles. The number of fused-ring (bicyclic) bond motifs is 1. The maximum Gasteiger partial charge on any atom is 0.332 e. The number of carbonyl (C=O) groups is 2. The number of nitrogens with two attached hydrogens (primary N) is 1. The van der Waals surface area contributed by atoms with Gasteiger partial charge in [0.15, 0.2) is 0 Å². The number of urea groups is 1. The molecule has 9 nitrogen and oxygen atoms in total. The third kappa shape index (κ3) is 4.62. The minimum absolute atomic E-state index is 0.214. The van der Waals surface area contributed by atoms with Gasteiger partial charge in [0.1, 0.15) is 18.0 Å². The van der Waals surface area contributed by atoms with Gasteiger partial charge in [0, 0.05) is 35.8 Å². The van der Waals surface area contributed by atoms with Crippen molar-refractivity contribution in [1.82, 2.24) is 19.4 Å². The van der Waals surface area contributed by atoms with E-state index in [0.29, 0.717) is 41.6 Å². The zero-order valence-electron chi connectivity index (χ0n) is 18.4. The molecule has 4 N–H and O–H groups in total. The highest BCUT2D eigenvalue weighted by Gasteiger charge is 2.15. The molecule has 0 saturated heterocycles. The van der Waals surface area contributed by atoms with Gasteiger partial charge in [0.2, 0.25) is 0 Å². The van der Waals surface area contributed by atoms with Gasteiger partial charge in [-0.05, 0) is 44.2 Å². The highest BCUT2D eigenvalue weighted by Crippen LogP contribution is 2.28. The van der Waals surface area contributed by atoms with E-state index in [2.05, 4.69) is 20.6 Å². The van der Waals surface area contributed by atoms with Gasteiger partial charge < -0.3 is 16.0 Å². The number of aromatic nitrogens is 3. The van der Waals surface area contributed by atoms with Crippen molar-refractivity contribution in [3.05, 3.63) is 67.0 Å². The summed E-state index contributed by atoms with van der Waals surface area (Å²) in [7, 11) is 0. The summed E-state index contributed by atoms with van der Waals surface area (Å²) in [5, 5.41) is 6.44. The lowest BCUT2D eigenvalue weighted by atomic mass is 10.1. The van der Waals surface area contributed by atoms with Crippen LogP contribution >= 0.6 is 0 Å². The molecule has 0 atom stereocenters. The molecule has 0 aliphatic heterocycles. The maximum absolute atomic E-state index is 12.8. The van der Waals surface area contributed by atoms with Crippen LogP contribution in [0.4, 0.5) is 26.9 Å². The summed E-state index contributed by atoms with van der Waals surface area (Å²) in [6.45, 7) is 5.05. The smallest absolute Gasteiger partial charge is 0.332 e. The SMILES string of the molecule is CCN(CC)C(=O)Nc1cc(-c2ccc3c(c2)cc(N)n3C(=O)Nc2ccccc2)ncn1. The Morgan fingerprint density at radius 1 is 0.970 bits per heavy atom. The molecule has 33 heavy (non-hydrogen) atoms. The normalized spacial score (nSPS) is 10.7. The van der Waals surface area contributed by atoms with Crippen molar-refractivity contribution in [2.45, 2.75) is 13.8 Å². The van der Waals surface area contributed by atoms with Crippen molar-refractivity contribution in [3.8, 4) is 11.3 Å². The van der Waals surface area contributed by atoms with Crippen molar-refractivity contribution in [2.75, 3.05) is 29.5 Å². The molecule has 0 aliphatic rings. The third-order valence-electron chi connectivity index (χ3n) is 5.31. The van der Waals surface area contributed by atoms with Crippen LogP contribution in [0.15, 0.2) is 67.0 Å². The molecule has 0 unspecified atom stereocenters. The summed E-state index contributed by atoms with van der Waals surface area (Å²) in [6, 6.07) is 17.7. The highest BCUT2D eigenvalue weighted by atomic mass is 16.2. The number of nitrogens with one attached hydrogen (secondary N) is 2. The van der Waals surface area contributed by atoms with Crippen LogP contribution in [0.25, 0.3) is 22.2 Å². The second-order valence-corrected chi connectivity index (χ2v) is 7.37. The standard InChI is InChI=1S/C24H25N7O2/c1-3-30(4-2)23(32)29-22-14-19(26-15-27-22)16-10-11-20-17(12-16)13-21(25)31(20)24(33)28-18-8-6-5-7-9-18/h5-15H,3-4,25H2,1-2H3,(H,28,33)(H,26,27,29,32). The fourth-order valence-electron chi connectivity index (χ4n) is 3.61. The fraction of sp³-hybridized carbons (Fsp3) is 0.167. The Kier molecular flexibility index (Phi) is 6.21. The van der Waals surface area contributed by atoms with Crippen LogP contribution < -0.4 is 16.4 Å². The fourth-order valence-corrected chi connectivity index (χ4v) is 3.61. The van der Waals surface area contributed by atoms with E-state index < -0.39 is 0 Å². The molecule has 4 rings (SSSR count). The predicted octanol–water partition coefficient (Wildman–Crippen LogP) is 4.63. The van der Waals surface area contributed by atoms with Crippen LogP contribution in [-0.2, 0) is 0 Å². The number of hydrogen-bond acceptors (Lipinski definition) is 5. The molecule has 0 radical (unpaired) electrons. The molecule has 3 amide bonds. The molecular weight excluding hydrogens is 418 g/mol. The molecule has 2 aromatic carbocycles. The first-order valence-corrected chi connectivity index (χ1v) is 10.7. The molecule has 0 bridgehead atoms. The van der Waals surface area contributed by atoms with Gasteiger partial charge in [-0.15, -0.1) is 0 Å². The predicted molar refractivity (Wildman–Crippen MR) is 130 cm³/mol. The maximum atomic E-state index is 12.8. The first-order valence-electron chi connectivity index (χ1n) is 10.7. The van der Waals surface area contributed by atoms with E-state index in [1.165, 1.54) is 10.9 Å². The Hall–Kier alpha value is -4.40. The van der Waals surface area contributed by atoms with Gasteiger partial charge in [0.05, 0.1) is 11.2 Å². The number of hydrogen-bond donors (Lipinski definition) is 3. The largest absolute Gasteiger partial charge is 0.385 e. The van der Waals surface area contributed by atoms with E-state index in [0.717, 1.165) is 10.9 Å². The topological polar surface area (TPSA) is 118 Å². The van der Waals surface area contributed by atoms with Crippen LogP contribution in [0, 0.1) is 0 Å². The lowest BCUT2D eigenvalue weighted by Gasteiger charge is -2.18. The summed E-state index contributed by atoms with van der Waals surface area (Å²) >= 11 is 0. The first kappa shape index (κ1) is 21.8. The van der Waals surface area contributed by atoms with E-state index >= 15 is 0 Å². The quantitative estimate of drug-likeness (QED) is 0.415. The van der Waals surface area contributed by atoms with Gasteiger partial charge in [0.25, 0.3) is 0 Å². The number of amides is 3. The molecule has 2 heterocycles. The Morgan fingerprint density at radius 2 is 1.73 bits per heavy atom. The van der Waals surface area contributed by atoms with Crippen molar-refractivity contribution < 1.29 is 9.59 Å². The van der Waals surface area contributed by atoms with Crippen LogP contribution in [-0.4, -0.2) is 44.6 Å². The second kappa shape index (κ2) is 9.39. The van der Waals surface area contributed by atoms with Crippen molar-refractivity contribution >= 4 is 40.3 Å². The number of benzene rings is 2. The van der Waals surface area contributed by atoms with Crippen LogP contribution in [0.1, 0.15) is 13.8 Å². The van der Waals surface area contributed by atoms with Crippen molar-refractivity contribution in [1.29, 1.82) is 0 Å². The van der Waals surface area contributed by atoms with Gasteiger partial charge >= 0.3 is 12.1 Å². The zero-order chi connectivity index (χ0) is 23.4. The van der Waals surface area contributed by atoms with Gasteiger partial charge in [-0.3, -0.25) is 5.32 Å². The highest BCUT2D eigenvalue weighted by molar-refractivity contribution is 6.02. The summed E-state index contributed by atoms with van der Waals surface area (Å²) in [6.07, 6.45) is 1.41. The van der Waals surface area contributed by atoms with Gasteiger partial charge in [-0.2, -0.15) is 0 Å². The third-order valence-corrected chi connectivity index (χ3v) is 5.31. The van der Waals surface area contributed by atoms with E-state index in [-0.39, 0.29) is 12.1 Å². The number of para-hydroxylation sites is 1. The molecule has 0 spiro atoms. The van der Waals surface area contributed by atoms with E-state index in [9.17, 15) is 9.59 Å². The van der Waals surface area contributed by atoms with Crippen molar-refractivity contribution in [2.24, 2.45) is 0 Å². The van der Waals surface area contributed by atoms with Gasteiger partial charge in [-0.25, -0.2) is 24.1 Å². The number of carbonyl (C=O) groups excluding carboxylic acids is 2. The molecule has 4 aromatic rings. The van der Waals surface area contributed by atoms with Crippen LogP contribution in [0.3, 0.4) is 0 Å². The number of nitrogens with zero attached hydrogens (tertiary/aromatic N) is 4. The number of rotatable bonds is 5. The molecule has 0 fully saturated rings. The summed E-state index contributed by atoms with van der Waals surface area (Å²) < 4.78 is 1.43. The van der Waals surface area contributed by atoms with Gasteiger partial charge in [-0.1, -0.05) is 24.3 Å². The Labute approximate surface area is 191 Å². The van der Waals surface area contributed by atoms with Crippen LogP contribution in [0.5, 0.6) is 0 Å². The molecule has 0 aliphatic carbocycles. The lowest BCUT2D eigenvalue weighted by Crippen LogP contribution is -2.34. The van der Waals surface area contributed by atoms with E-state index in [1.807, 2.05) is 62.4 Å². The Balaban J connectivity index is 1.60. The average Bonchev–Trinajstić information content (AvgIpc) is 3.15. The van der Waals surface area contributed by atoms with Crippen molar-refractivity contribution in [3.63, 3.8) is 0 Å². The molecule has 9 heteroatoms.